The Balaban J connectivity index is 1.45. The van der Waals surface area contributed by atoms with E-state index in [0.717, 1.165) is 4.90 Å². The lowest BCUT2D eigenvalue weighted by Gasteiger charge is -2.31. The number of anilines is 2. The Kier molecular flexibility index (Phi) is 8.83. The zero-order valence-corrected chi connectivity index (χ0v) is 22.3. The summed E-state index contributed by atoms with van der Waals surface area (Å²) in [6, 6.07) is 9.56. The van der Waals surface area contributed by atoms with Crippen LogP contribution >= 0.6 is 11.6 Å². The lowest BCUT2D eigenvalue weighted by molar-refractivity contribution is -0.153. The summed E-state index contributed by atoms with van der Waals surface area (Å²) in [5, 5.41) is 12.0. The van der Waals surface area contributed by atoms with Crippen molar-refractivity contribution in [2.75, 3.05) is 36.6 Å². The largest absolute Gasteiger partial charge is 0.459 e. The number of hydrogen-bond donors (Lipinski definition) is 2. The van der Waals surface area contributed by atoms with Crippen LogP contribution in [0.4, 0.5) is 11.4 Å². The molecule has 0 saturated carbocycles. The number of aliphatic hydroxyl groups is 1. The first-order chi connectivity index (χ1) is 18.2. The van der Waals surface area contributed by atoms with Crippen LogP contribution < -0.4 is 10.2 Å². The van der Waals surface area contributed by atoms with Crippen molar-refractivity contribution in [1.29, 1.82) is 0 Å². The summed E-state index contributed by atoms with van der Waals surface area (Å²) in [6.07, 6.45) is 1.82. The number of nitrogens with one attached hydrogen (secondary N) is 1. The average Bonchev–Trinajstić information content (AvgIpc) is 3.12. The second-order valence-electron chi connectivity index (χ2n) is 9.52. The quantitative estimate of drug-likeness (QED) is 0.339. The van der Waals surface area contributed by atoms with E-state index in [2.05, 4.69) is 19.2 Å². The van der Waals surface area contributed by atoms with Gasteiger partial charge in [-0.15, -0.1) is 0 Å². The van der Waals surface area contributed by atoms with Crippen molar-refractivity contribution in [2.45, 2.75) is 33.5 Å². The standard InChI is InChI=1S/C28H31ClN2O7/c1-16(2)18-13-24(38-25(14-18)37-11-10-36-9-8-32)26(33)30-20-5-7-23(17(3)12-20)31-27(34)21-6-4-19(29)15-22(21)28(31)35/h4-7,12-13,15-16,18,25,32H,8-11,14H2,1-3H3,(H,30,33)/t18-,25+/m0/s1. The van der Waals surface area contributed by atoms with Crippen molar-refractivity contribution < 1.29 is 33.7 Å². The predicted octanol–water partition coefficient (Wildman–Crippen LogP) is 4.32. The summed E-state index contributed by atoms with van der Waals surface area (Å²) in [6.45, 7) is 6.65. The van der Waals surface area contributed by atoms with E-state index >= 15 is 0 Å². The number of allylic oxidation sites excluding steroid dienone is 1. The van der Waals surface area contributed by atoms with Gasteiger partial charge >= 0.3 is 0 Å². The Labute approximate surface area is 226 Å². The van der Waals surface area contributed by atoms with E-state index in [0.29, 0.717) is 40.6 Å². The van der Waals surface area contributed by atoms with Gasteiger partial charge in [0.25, 0.3) is 17.7 Å². The van der Waals surface area contributed by atoms with E-state index in [-0.39, 0.29) is 43.0 Å². The zero-order chi connectivity index (χ0) is 27.4. The summed E-state index contributed by atoms with van der Waals surface area (Å²) in [4.78, 5) is 40.1. The maximum absolute atomic E-state index is 13.1. The van der Waals surface area contributed by atoms with Crippen molar-refractivity contribution in [1.82, 2.24) is 0 Å². The number of carbonyl (C=O) groups is 3. The zero-order valence-electron chi connectivity index (χ0n) is 21.5. The summed E-state index contributed by atoms with van der Waals surface area (Å²) in [7, 11) is 0. The fraction of sp³-hybridized carbons (Fsp3) is 0.393. The number of carbonyl (C=O) groups excluding carboxylic acids is 3. The minimum Gasteiger partial charge on any atom is -0.459 e. The molecule has 2 aliphatic heterocycles. The summed E-state index contributed by atoms with van der Waals surface area (Å²) < 4.78 is 16.8. The van der Waals surface area contributed by atoms with Crippen LogP contribution in [0.15, 0.2) is 48.2 Å². The topological polar surface area (TPSA) is 114 Å². The molecule has 2 aliphatic rings. The number of aliphatic hydroxyl groups excluding tert-OH is 1. The van der Waals surface area contributed by atoms with Gasteiger partial charge in [-0.3, -0.25) is 14.4 Å². The van der Waals surface area contributed by atoms with Gasteiger partial charge in [0.05, 0.1) is 43.2 Å². The molecule has 2 atom stereocenters. The number of halogens is 1. The molecule has 0 bridgehead atoms. The monoisotopic (exact) mass is 542 g/mol. The van der Waals surface area contributed by atoms with Gasteiger partial charge in [-0.25, -0.2) is 4.90 Å². The minimum atomic E-state index is -0.600. The molecule has 0 aliphatic carbocycles. The van der Waals surface area contributed by atoms with Crippen molar-refractivity contribution >= 4 is 40.7 Å². The van der Waals surface area contributed by atoms with Crippen LogP contribution in [0.25, 0.3) is 0 Å². The van der Waals surface area contributed by atoms with Gasteiger partial charge < -0.3 is 24.6 Å². The molecule has 0 spiro atoms. The van der Waals surface area contributed by atoms with Crippen molar-refractivity contribution in [3.63, 3.8) is 0 Å². The van der Waals surface area contributed by atoms with E-state index in [1.165, 1.54) is 6.07 Å². The highest BCUT2D eigenvalue weighted by Crippen LogP contribution is 2.34. The molecular weight excluding hydrogens is 512 g/mol. The van der Waals surface area contributed by atoms with Crippen molar-refractivity contribution in [2.24, 2.45) is 11.8 Å². The van der Waals surface area contributed by atoms with Gasteiger partial charge in [-0.2, -0.15) is 0 Å². The molecule has 0 saturated heterocycles. The second kappa shape index (κ2) is 12.1. The molecule has 10 heteroatoms. The number of ether oxygens (including phenoxy) is 3. The molecule has 2 heterocycles. The molecule has 0 fully saturated rings. The SMILES string of the molecule is Cc1cc(NC(=O)C2=C[C@H](C(C)C)C[C@H](OCCOCCO)O2)ccc1N1C(=O)c2ccc(Cl)cc2C1=O. The predicted molar refractivity (Wildman–Crippen MR) is 142 cm³/mol. The van der Waals surface area contributed by atoms with Gasteiger partial charge in [-0.1, -0.05) is 25.4 Å². The lowest BCUT2D eigenvalue weighted by Crippen LogP contribution is -2.32. The van der Waals surface area contributed by atoms with Crippen LogP contribution in [-0.2, 0) is 19.0 Å². The van der Waals surface area contributed by atoms with Crippen LogP contribution in [0.5, 0.6) is 0 Å². The molecule has 0 aromatic heterocycles. The van der Waals surface area contributed by atoms with Gasteiger partial charge in [0, 0.05) is 17.1 Å². The highest BCUT2D eigenvalue weighted by atomic mass is 35.5. The van der Waals surface area contributed by atoms with Crippen molar-refractivity contribution in [3.8, 4) is 0 Å². The Morgan fingerprint density at radius 2 is 1.89 bits per heavy atom. The number of benzene rings is 2. The fourth-order valence-electron chi connectivity index (χ4n) is 4.42. The maximum atomic E-state index is 13.1. The van der Waals surface area contributed by atoms with Gasteiger partial charge in [0.2, 0.25) is 6.29 Å². The number of nitrogens with zero attached hydrogens (tertiary/aromatic N) is 1. The van der Waals surface area contributed by atoms with Crippen molar-refractivity contribution in [3.05, 3.63) is 69.9 Å². The van der Waals surface area contributed by atoms with Crippen LogP contribution in [0, 0.1) is 18.8 Å². The average molecular weight is 543 g/mol. The van der Waals surface area contributed by atoms with E-state index in [9.17, 15) is 14.4 Å². The third-order valence-corrected chi connectivity index (χ3v) is 6.71. The summed E-state index contributed by atoms with van der Waals surface area (Å²) >= 11 is 6.01. The summed E-state index contributed by atoms with van der Waals surface area (Å²) in [5.74, 6) is -0.775. The molecule has 9 nitrogen and oxygen atoms in total. The molecule has 2 N–H and O–H groups in total. The Morgan fingerprint density at radius 1 is 1.13 bits per heavy atom. The maximum Gasteiger partial charge on any atom is 0.290 e. The number of rotatable bonds is 10. The first kappa shape index (κ1) is 27.8. The Hall–Kier alpha value is -3.24. The number of aryl methyl sites for hydroxylation is 1. The highest BCUT2D eigenvalue weighted by Gasteiger charge is 2.37. The van der Waals surface area contributed by atoms with Gasteiger partial charge in [-0.05, 0) is 66.8 Å². The number of fused-ring (bicyclic) bond motifs is 1. The van der Waals surface area contributed by atoms with Crippen LogP contribution in [0.2, 0.25) is 5.02 Å². The Morgan fingerprint density at radius 3 is 2.61 bits per heavy atom. The number of amides is 3. The second-order valence-corrected chi connectivity index (χ2v) is 9.96. The molecule has 2 aromatic carbocycles. The lowest BCUT2D eigenvalue weighted by atomic mass is 9.90. The fourth-order valence-corrected chi connectivity index (χ4v) is 4.60. The Bertz CT molecular complexity index is 1260. The molecule has 3 amide bonds. The van der Waals surface area contributed by atoms with Crippen LogP contribution in [-0.4, -0.2) is 55.5 Å². The third kappa shape index (κ3) is 6.07. The van der Waals surface area contributed by atoms with E-state index in [1.807, 2.05) is 6.08 Å². The van der Waals surface area contributed by atoms with Crippen LogP contribution in [0.3, 0.4) is 0 Å². The van der Waals surface area contributed by atoms with Gasteiger partial charge in [0.15, 0.2) is 5.76 Å². The molecule has 0 unspecified atom stereocenters. The number of imide groups is 1. The highest BCUT2D eigenvalue weighted by molar-refractivity contribution is 6.37. The van der Waals surface area contributed by atoms with E-state index in [4.69, 9.17) is 30.9 Å². The molecular formula is C28H31ClN2O7. The smallest absolute Gasteiger partial charge is 0.290 e. The van der Waals surface area contributed by atoms with Crippen LogP contribution in [0.1, 0.15) is 46.5 Å². The molecule has 38 heavy (non-hydrogen) atoms. The third-order valence-electron chi connectivity index (χ3n) is 6.48. The minimum absolute atomic E-state index is 0.0595. The normalized spacial score (nSPS) is 18.9. The first-order valence-electron chi connectivity index (χ1n) is 12.5. The molecule has 202 valence electrons. The molecule has 0 radical (unpaired) electrons. The summed E-state index contributed by atoms with van der Waals surface area (Å²) in [5.41, 5.74) is 2.11. The van der Waals surface area contributed by atoms with E-state index in [1.54, 1.807) is 37.3 Å². The van der Waals surface area contributed by atoms with E-state index < -0.39 is 24.0 Å². The molecule has 2 aromatic rings. The number of hydrogen-bond acceptors (Lipinski definition) is 7. The molecule has 4 rings (SSSR count). The first-order valence-corrected chi connectivity index (χ1v) is 12.9. The van der Waals surface area contributed by atoms with Gasteiger partial charge in [0.1, 0.15) is 0 Å².